The molecule has 3 N–H and O–H groups in total. The summed E-state index contributed by atoms with van der Waals surface area (Å²) in [4.78, 5) is 15.9. The van der Waals surface area contributed by atoms with Gasteiger partial charge in [-0.05, 0) is 49.3 Å². The number of para-hydroxylation sites is 1. The van der Waals surface area contributed by atoms with Crippen LogP contribution in [-0.4, -0.2) is 48.6 Å². The lowest BCUT2D eigenvalue weighted by molar-refractivity contribution is -0.895. The topological polar surface area (TPSA) is 48.8 Å². The van der Waals surface area contributed by atoms with Gasteiger partial charge in [-0.2, -0.15) is 0 Å². The SMILES string of the molecule is CCc1ccccc1NC(=O)C[NH+]1CCN(C(=S)Nc2ccc(C)cc2)CC1. The van der Waals surface area contributed by atoms with Gasteiger partial charge in [0, 0.05) is 11.4 Å². The molecule has 3 rings (SSSR count). The molecule has 1 aliphatic rings. The van der Waals surface area contributed by atoms with Crippen molar-refractivity contribution in [1.29, 1.82) is 0 Å². The van der Waals surface area contributed by atoms with E-state index in [1.165, 1.54) is 16.0 Å². The number of nitrogens with one attached hydrogen (secondary N) is 3. The number of quaternary nitrogens is 1. The molecule has 1 fully saturated rings. The summed E-state index contributed by atoms with van der Waals surface area (Å²) in [6.07, 6.45) is 0.910. The number of rotatable bonds is 5. The van der Waals surface area contributed by atoms with Crippen LogP contribution in [0.5, 0.6) is 0 Å². The largest absolute Gasteiger partial charge is 0.338 e. The summed E-state index contributed by atoms with van der Waals surface area (Å²) < 4.78 is 0. The van der Waals surface area contributed by atoms with Crippen molar-refractivity contribution in [2.24, 2.45) is 0 Å². The van der Waals surface area contributed by atoms with Crippen LogP contribution in [0.15, 0.2) is 48.5 Å². The lowest BCUT2D eigenvalue weighted by Crippen LogP contribution is -3.15. The van der Waals surface area contributed by atoms with Crippen molar-refractivity contribution in [3.63, 3.8) is 0 Å². The number of hydrogen-bond acceptors (Lipinski definition) is 2. The number of piperazine rings is 1. The minimum atomic E-state index is 0.0738. The normalized spacial score (nSPS) is 14.6. The molecular formula is C22H29N4OS+. The second-order valence-corrected chi connectivity index (χ2v) is 7.66. The molecule has 0 atom stereocenters. The van der Waals surface area contributed by atoms with E-state index in [2.05, 4.69) is 47.6 Å². The molecule has 0 aromatic heterocycles. The van der Waals surface area contributed by atoms with E-state index in [0.29, 0.717) is 6.54 Å². The Hall–Kier alpha value is -2.44. The number of aryl methyl sites for hydroxylation is 2. The van der Waals surface area contributed by atoms with Crippen molar-refractivity contribution in [1.82, 2.24) is 4.90 Å². The van der Waals surface area contributed by atoms with Crippen molar-refractivity contribution in [3.05, 3.63) is 59.7 Å². The molecule has 0 radical (unpaired) electrons. The average molecular weight is 398 g/mol. The van der Waals surface area contributed by atoms with Gasteiger partial charge >= 0.3 is 0 Å². The van der Waals surface area contributed by atoms with Gasteiger partial charge < -0.3 is 20.4 Å². The summed E-state index contributed by atoms with van der Waals surface area (Å²) >= 11 is 5.56. The number of benzene rings is 2. The van der Waals surface area contributed by atoms with E-state index >= 15 is 0 Å². The Kier molecular flexibility index (Phi) is 7.01. The van der Waals surface area contributed by atoms with E-state index in [9.17, 15) is 4.79 Å². The van der Waals surface area contributed by atoms with Crippen LogP contribution in [0.4, 0.5) is 11.4 Å². The lowest BCUT2D eigenvalue weighted by atomic mass is 10.1. The van der Waals surface area contributed by atoms with Crippen LogP contribution >= 0.6 is 12.2 Å². The van der Waals surface area contributed by atoms with Crippen LogP contribution in [-0.2, 0) is 11.2 Å². The molecule has 1 aliphatic heterocycles. The van der Waals surface area contributed by atoms with Crippen LogP contribution in [0.1, 0.15) is 18.1 Å². The zero-order chi connectivity index (χ0) is 19.9. The number of carbonyl (C=O) groups excluding carboxylic acids is 1. The zero-order valence-electron chi connectivity index (χ0n) is 16.6. The molecule has 148 valence electrons. The zero-order valence-corrected chi connectivity index (χ0v) is 17.4. The fourth-order valence-corrected chi connectivity index (χ4v) is 3.71. The monoisotopic (exact) mass is 397 g/mol. The first-order valence-electron chi connectivity index (χ1n) is 9.89. The van der Waals surface area contributed by atoms with E-state index in [1.54, 1.807) is 0 Å². The van der Waals surface area contributed by atoms with Crippen LogP contribution in [0.3, 0.4) is 0 Å². The molecular weight excluding hydrogens is 368 g/mol. The van der Waals surface area contributed by atoms with E-state index in [4.69, 9.17) is 12.2 Å². The minimum Gasteiger partial charge on any atom is -0.338 e. The van der Waals surface area contributed by atoms with Crippen LogP contribution < -0.4 is 15.5 Å². The van der Waals surface area contributed by atoms with Crippen LogP contribution in [0.2, 0.25) is 0 Å². The third kappa shape index (κ3) is 5.53. The van der Waals surface area contributed by atoms with Gasteiger partial charge in [0.2, 0.25) is 0 Å². The maximum Gasteiger partial charge on any atom is 0.279 e. The van der Waals surface area contributed by atoms with Crippen molar-refractivity contribution in [2.45, 2.75) is 20.3 Å². The fourth-order valence-electron chi connectivity index (χ4n) is 3.41. The maximum absolute atomic E-state index is 12.4. The molecule has 0 spiro atoms. The first kappa shape index (κ1) is 20.3. The number of anilines is 2. The predicted molar refractivity (Wildman–Crippen MR) is 119 cm³/mol. The quantitative estimate of drug-likeness (QED) is 0.677. The Morgan fingerprint density at radius 3 is 2.43 bits per heavy atom. The maximum atomic E-state index is 12.4. The summed E-state index contributed by atoms with van der Waals surface area (Å²) in [5.74, 6) is 0.0738. The Bertz CT molecular complexity index is 814. The van der Waals surface area contributed by atoms with Gasteiger partial charge in [-0.25, -0.2) is 0 Å². The standard InChI is InChI=1S/C22H28N4OS/c1-3-18-6-4-5-7-20(18)24-21(27)16-25-12-14-26(15-13-25)22(28)23-19-10-8-17(2)9-11-19/h4-11H,3,12-16H2,1-2H3,(H,23,28)(H,24,27)/p+1. The molecule has 1 heterocycles. The van der Waals surface area contributed by atoms with Crippen molar-refractivity contribution >= 4 is 34.6 Å². The first-order valence-corrected chi connectivity index (χ1v) is 10.3. The number of thiocarbonyl (C=S) groups is 1. The van der Waals surface area contributed by atoms with E-state index in [-0.39, 0.29) is 5.91 Å². The molecule has 0 saturated carbocycles. The van der Waals surface area contributed by atoms with Gasteiger partial charge in [-0.15, -0.1) is 0 Å². The van der Waals surface area contributed by atoms with E-state index < -0.39 is 0 Å². The summed E-state index contributed by atoms with van der Waals surface area (Å²) in [6.45, 7) is 8.17. The average Bonchev–Trinajstić information content (AvgIpc) is 2.70. The highest BCUT2D eigenvalue weighted by Gasteiger charge is 2.23. The molecule has 28 heavy (non-hydrogen) atoms. The van der Waals surface area contributed by atoms with Gasteiger partial charge in [-0.3, -0.25) is 4.79 Å². The van der Waals surface area contributed by atoms with Gasteiger partial charge in [0.1, 0.15) is 0 Å². The second kappa shape index (κ2) is 9.66. The minimum absolute atomic E-state index is 0.0738. The summed E-state index contributed by atoms with van der Waals surface area (Å²) in [6, 6.07) is 16.2. The number of amides is 1. The Labute approximate surface area is 172 Å². The van der Waals surface area contributed by atoms with Crippen molar-refractivity contribution in [2.75, 3.05) is 43.4 Å². The van der Waals surface area contributed by atoms with Crippen molar-refractivity contribution in [3.8, 4) is 0 Å². The third-order valence-corrected chi connectivity index (χ3v) is 5.50. The Morgan fingerprint density at radius 1 is 1.07 bits per heavy atom. The summed E-state index contributed by atoms with van der Waals surface area (Å²) in [5.41, 5.74) is 4.34. The molecule has 1 saturated heterocycles. The first-order chi connectivity index (χ1) is 13.5. The van der Waals surface area contributed by atoms with Gasteiger partial charge in [0.05, 0.1) is 26.2 Å². The predicted octanol–water partition coefficient (Wildman–Crippen LogP) is 2.09. The van der Waals surface area contributed by atoms with Gasteiger partial charge in [0.15, 0.2) is 11.7 Å². The third-order valence-electron chi connectivity index (χ3n) is 5.14. The number of nitrogens with zero attached hydrogens (tertiary/aromatic N) is 1. The molecule has 0 aliphatic carbocycles. The summed E-state index contributed by atoms with van der Waals surface area (Å²) in [7, 11) is 0. The van der Waals surface area contributed by atoms with E-state index in [0.717, 1.165) is 49.1 Å². The number of carbonyl (C=O) groups is 1. The Balaban J connectivity index is 1.45. The highest BCUT2D eigenvalue weighted by Crippen LogP contribution is 2.15. The molecule has 0 unspecified atom stereocenters. The second-order valence-electron chi connectivity index (χ2n) is 7.27. The number of hydrogen-bond donors (Lipinski definition) is 3. The smallest absolute Gasteiger partial charge is 0.279 e. The molecule has 6 heteroatoms. The molecule has 0 bridgehead atoms. The summed E-state index contributed by atoms with van der Waals surface area (Å²) in [5, 5.41) is 7.13. The van der Waals surface area contributed by atoms with Gasteiger partial charge in [0.25, 0.3) is 5.91 Å². The molecule has 2 aromatic rings. The van der Waals surface area contributed by atoms with Crippen LogP contribution in [0, 0.1) is 6.92 Å². The highest BCUT2D eigenvalue weighted by atomic mass is 32.1. The lowest BCUT2D eigenvalue weighted by Gasteiger charge is -2.33. The van der Waals surface area contributed by atoms with Crippen molar-refractivity contribution < 1.29 is 9.69 Å². The molecule has 1 amide bonds. The highest BCUT2D eigenvalue weighted by molar-refractivity contribution is 7.80. The molecule has 2 aromatic carbocycles. The fraction of sp³-hybridized carbons (Fsp3) is 0.364. The van der Waals surface area contributed by atoms with E-state index in [1.807, 2.05) is 30.3 Å². The van der Waals surface area contributed by atoms with Crippen LogP contribution in [0.25, 0.3) is 0 Å². The molecule has 5 nitrogen and oxygen atoms in total. The van der Waals surface area contributed by atoms with Gasteiger partial charge in [-0.1, -0.05) is 42.8 Å². The Morgan fingerprint density at radius 2 is 1.75 bits per heavy atom.